The monoisotopic (exact) mass is 621 g/mol. The normalized spacial score (nSPS) is 19.5. The average molecular weight is 621 g/mol. The number of benzene rings is 2. The van der Waals surface area contributed by atoms with Crippen molar-refractivity contribution in [1.29, 1.82) is 0 Å². The number of nitrogens with one attached hydrogen (secondary N) is 3. The van der Waals surface area contributed by atoms with E-state index in [1.54, 1.807) is 18.2 Å². The van der Waals surface area contributed by atoms with E-state index in [2.05, 4.69) is 50.3 Å². The van der Waals surface area contributed by atoms with Crippen LogP contribution < -0.4 is 20.1 Å². The first kappa shape index (κ1) is 27.4. The van der Waals surface area contributed by atoms with Gasteiger partial charge < -0.3 is 40.4 Å². The third kappa shape index (κ3) is 6.63. The highest BCUT2D eigenvalue weighted by Gasteiger charge is 2.36. The van der Waals surface area contributed by atoms with Gasteiger partial charge in [-0.05, 0) is 76.7 Å². The molecule has 0 fully saturated rings. The highest BCUT2D eigenvalue weighted by Crippen LogP contribution is 2.36. The molecule has 1 heterocycles. The van der Waals surface area contributed by atoms with E-state index in [1.807, 2.05) is 18.2 Å². The molecule has 0 saturated carbocycles. The number of aromatic amines is 1. The number of rotatable bonds is 11. The number of methoxy groups -OCH3 is 1. The lowest BCUT2D eigenvalue weighted by Crippen LogP contribution is -2.52. The van der Waals surface area contributed by atoms with Crippen molar-refractivity contribution in [2.24, 2.45) is 0 Å². The van der Waals surface area contributed by atoms with E-state index in [0.717, 1.165) is 16.6 Å². The first-order valence-electron chi connectivity index (χ1n) is 12.1. The number of H-pyrrole nitrogens is 1. The van der Waals surface area contributed by atoms with Crippen LogP contribution in [0.4, 0.5) is 0 Å². The van der Waals surface area contributed by atoms with Gasteiger partial charge in [-0.25, -0.2) is 0 Å². The van der Waals surface area contributed by atoms with Crippen molar-refractivity contribution in [3.63, 3.8) is 0 Å². The van der Waals surface area contributed by atoms with Crippen LogP contribution in [0.3, 0.4) is 0 Å². The molecule has 2 aromatic carbocycles. The summed E-state index contributed by atoms with van der Waals surface area (Å²) in [7, 11) is 1.51. The Bertz CT molecular complexity index is 1230. The van der Waals surface area contributed by atoms with Crippen LogP contribution in [0.5, 0.6) is 11.5 Å². The van der Waals surface area contributed by atoms with Gasteiger partial charge >= 0.3 is 0 Å². The number of aromatic nitrogens is 1. The van der Waals surface area contributed by atoms with Crippen molar-refractivity contribution in [3.05, 3.63) is 68.9 Å². The molecule has 1 aliphatic carbocycles. The van der Waals surface area contributed by atoms with Crippen LogP contribution in [0, 0.1) is 3.57 Å². The summed E-state index contributed by atoms with van der Waals surface area (Å²) >= 11 is 2.09. The minimum atomic E-state index is -0.935. The van der Waals surface area contributed by atoms with E-state index < -0.39 is 18.2 Å². The fourth-order valence-corrected chi connectivity index (χ4v) is 5.27. The minimum Gasteiger partial charge on any atom is -0.493 e. The highest BCUT2D eigenvalue weighted by atomic mass is 127. The third-order valence-corrected chi connectivity index (χ3v) is 7.16. The zero-order valence-corrected chi connectivity index (χ0v) is 22.7. The molecule has 9 nitrogen and oxygen atoms in total. The second kappa shape index (κ2) is 12.7. The number of hydrogen-bond acceptors (Lipinski definition) is 7. The Morgan fingerprint density at radius 2 is 2.00 bits per heavy atom. The largest absolute Gasteiger partial charge is 0.493 e. The number of aliphatic hydroxyl groups is 3. The maximum atomic E-state index is 12.8. The number of carbonyl (C=O) groups excluding carboxylic acids is 1. The summed E-state index contributed by atoms with van der Waals surface area (Å²) in [5.74, 6) is 0.542. The van der Waals surface area contributed by atoms with Crippen molar-refractivity contribution in [3.8, 4) is 11.5 Å². The molecule has 0 spiro atoms. The summed E-state index contributed by atoms with van der Waals surface area (Å²) in [6.07, 6.45) is 0.894. The Morgan fingerprint density at radius 1 is 1.19 bits per heavy atom. The maximum absolute atomic E-state index is 12.8. The van der Waals surface area contributed by atoms with Gasteiger partial charge in [0.2, 0.25) is 5.91 Å². The van der Waals surface area contributed by atoms with Crippen LogP contribution >= 0.6 is 22.6 Å². The molecule has 3 atom stereocenters. The summed E-state index contributed by atoms with van der Waals surface area (Å²) in [6, 6.07) is 13.2. The Labute approximate surface area is 229 Å². The first-order chi connectivity index (χ1) is 17.9. The van der Waals surface area contributed by atoms with Gasteiger partial charge in [-0.3, -0.25) is 4.79 Å². The zero-order valence-electron chi connectivity index (χ0n) is 20.5. The van der Waals surface area contributed by atoms with Gasteiger partial charge in [0, 0.05) is 35.9 Å². The SMILES string of the molecule is COc1cc(CO)cc(I)c1OC1C=C(C(=O)NCCO)CC(NCCc2cc3ccccc3[nH]2)C1O. The smallest absolute Gasteiger partial charge is 0.247 e. The number of fused-ring (bicyclic) bond motifs is 1. The molecule has 0 aliphatic heterocycles. The molecule has 37 heavy (non-hydrogen) atoms. The van der Waals surface area contributed by atoms with E-state index in [1.165, 1.54) is 7.11 Å². The molecule has 3 unspecified atom stereocenters. The first-order valence-corrected chi connectivity index (χ1v) is 13.2. The molecule has 3 aromatic rings. The molecule has 1 aliphatic rings. The molecule has 1 amide bonds. The highest BCUT2D eigenvalue weighted by molar-refractivity contribution is 14.1. The van der Waals surface area contributed by atoms with Crippen molar-refractivity contribution < 1.29 is 29.6 Å². The average Bonchev–Trinajstić information content (AvgIpc) is 3.32. The second-order valence-electron chi connectivity index (χ2n) is 8.91. The van der Waals surface area contributed by atoms with E-state index in [9.17, 15) is 15.0 Å². The van der Waals surface area contributed by atoms with Gasteiger partial charge in [0.15, 0.2) is 11.5 Å². The Kier molecular flexibility index (Phi) is 9.43. The predicted octanol–water partition coefficient (Wildman–Crippen LogP) is 2.02. The third-order valence-electron chi connectivity index (χ3n) is 6.36. The van der Waals surface area contributed by atoms with Gasteiger partial charge in [-0.1, -0.05) is 18.2 Å². The molecular formula is C27H32IN3O6. The number of amides is 1. The maximum Gasteiger partial charge on any atom is 0.247 e. The van der Waals surface area contributed by atoms with Crippen molar-refractivity contribution in [2.45, 2.75) is 37.7 Å². The van der Waals surface area contributed by atoms with E-state index in [-0.39, 0.29) is 25.7 Å². The summed E-state index contributed by atoms with van der Waals surface area (Å²) in [5, 5.41) is 37.1. The second-order valence-corrected chi connectivity index (χ2v) is 10.1. The number of hydrogen-bond donors (Lipinski definition) is 6. The quantitative estimate of drug-likeness (QED) is 0.181. The van der Waals surface area contributed by atoms with Gasteiger partial charge in [0.1, 0.15) is 12.2 Å². The van der Waals surface area contributed by atoms with Gasteiger partial charge in [-0.15, -0.1) is 0 Å². The standard InChI is InChI=1S/C27H32IN3O6/c1-36-24-11-16(15-33)10-20(28)26(24)37-23-14-18(27(35)30-8-9-32)13-22(25(23)34)29-7-6-19-12-17-4-2-3-5-21(17)31-19/h2-5,10-12,14,22-23,25,29,31-34H,6-9,13,15H2,1H3,(H,30,35). The summed E-state index contributed by atoms with van der Waals surface area (Å²) < 4.78 is 12.4. The fraction of sp³-hybridized carbons (Fsp3) is 0.370. The Balaban J connectivity index is 1.52. The number of ether oxygens (including phenoxy) is 2. The van der Waals surface area contributed by atoms with E-state index in [4.69, 9.17) is 14.6 Å². The summed E-state index contributed by atoms with van der Waals surface area (Å²) in [6.45, 7) is 0.409. The van der Waals surface area contributed by atoms with Gasteiger partial charge in [-0.2, -0.15) is 0 Å². The fourth-order valence-electron chi connectivity index (χ4n) is 4.47. The molecule has 10 heteroatoms. The van der Waals surface area contributed by atoms with Crippen molar-refractivity contribution >= 4 is 39.4 Å². The molecule has 4 rings (SSSR count). The van der Waals surface area contributed by atoms with Crippen LogP contribution in [0.2, 0.25) is 0 Å². The van der Waals surface area contributed by atoms with Crippen LogP contribution in [-0.4, -0.2) is 71.3 Å². The van der Waals surface area contributed by atoms with Gasteiger partial charge in [0.25, 0.3) is 0 Å². The van der Waals surface area contributed by atoms with E-state index in [0.29, 0.717) is 45.6 Å². The van der Waals surface area contributed by atoms with Crippen LogP contribution in [0.1, 0.15) is 17.7 Å². The lowest BCUT2D eigenvalue weighted by atomic mass is 9.89. The lowest BCUT2D eigenvalue weighted by Gasteiger charge is -2.34. The molecule has 0 radical (unpaired) electrons. The summed E-state index contributed by atoms with van der Waals surface area (Å²) in [4.78, 5) is 16.2. The molecule has 198 valence electrons. The molecule has 0 bridgehead atoms. The van der Waals surface area contributed by atoms with E-state index >= 15 is 0 Å². The Morgan fingerprint density at radius 3 is 2.73 bits per heavy atom. The number of carbonyl (C=O) groups is 1. The lowest BCUT2D eigenvalue weighted by molar-refractivity contribution is -0.118. The summed E-state index contributed by atoms with van der Waals surface area (Å²) in [5.41, 5.74) is 3.29. The number of aliphatic hydroxyl groups excluding tert-OH is 3. The van der Waals surface area contributed by atoms with Crippen LogP contribution in [0.15, 0.2) is 54.1 Å². The zero-order chi connectivity index (χ0) is 26.4. The molecular weight excluding hydrogens is 589 g/mol. The van der Waals surface area contributed by atoms with Crippen LogP contribution in [0.25, 0.3) is 10.9 Å². The Hall–Kier alpha value is -2.64. The topological polar surface area (TPSA) is 136 Å². The number of para-hydroxylation sites is 1. The van der Waals surface area contributed by atoms with Crippen molar-refractivity contribution in [2.75, 3.05) is 26.8 Å². The molecule has 0 saturated heterocycles. The van der Waals surface area contributed by atoms with Gasteiger partial charge in [0.05, 0.1) is 23.9 Å². The number of halogens is 1. The predicted molar refractivity (Wildman–Crippen MR) is 149 cm³/mol. The minimum absolute atomic E-state index is 0.136. The van der Waals surface area contributed by atoms with Crippen molar-refractivity contribution in [1.82, 2.24) is 15.6 Å². The molecule has 1 aromatic heterocycles. The molecule has 6 N–H and O–H groups in total. The van der Waals surface area contributed by atoms with Crippen LogP contribution in [-0.2, 0) is 17.8 Å².